The molecule has 0 atom stereocenters. The molecule has 0 amide bonds. The van der Waals surface area contributed by atoms with Gasteiger partial charge in [0.15, 0.2) is 11.0 Å². The minimum atomic E-state index is -0.392. The van der Waals surface area contributed by atoms with Gasteiger partial charge in [0.2, 0.25) is 5.89 Å². The zero-order chi connectivity index (χ0) is 18.8. The molecule has 4 aromatic rings. The van der Waals surface area contributed by atoms with E-state index in [0.29, 0.717) is 28.2 Å². The summed E-state index contributed by atoms with van der Waals surface area (Å²) in [7, 11) is 1.87. The molecule has 9 heteroatoms. The van der Waals surface area contributed by atoms with E-state index >= 15 is 0 Å². The summed E-state index contributed by atoms with van der Waals surface area (Å²) < 4.78 is 21.4. The van der Waals surface area contributed by atoms with Crippen molar-refractivity contribution in [2.75, 3.05) is 0 Å². The van der Waals surface area contributed by atoms with E-state index in [1.54, 1.807) is 18.3 Å². The van der Waals surface area contributed by atoms with Gasteiger partial charge in [0.05, 0.1) is 11.3 Å². The first kappa shape index (κ1) is 17.3. The number of hydrogen-bond donors (Lipinski definition) is 0. The Labute approximate surface area is 158 Å². The molecular formula is C18H15FN6OS. The molecule has 0 spiro atoms. The quantitative estimate of drug-likeness (QED) is 0.487. The van der Waals surface area contributed by atoms with Crippen molar-refractivity contribution >= 4 is 11.8 Å². The van der Waals surface area contributed by atoms with Crippen LogP contribution in [0.2, 0.25) is 0 Å². The number of aryl methyl sites for hydroxylation is 1. The molecule has 7 nitrogen and oxygen atoms in total. The second-order valence-electron chi connectivity index (χ2n) is 5.85. The first-order valence-electron chi connectivity index (χ1n) is 8.14. The molecule has 27 heavy (non-hydrogen) atoms. The van der Waals surface area contributed by atoms with Crippen LogP contribution in [-0.4, -0.2) is 29.9 Å². The van der Waals surface area contributed by atoms with Crippen LogP contribution in [0.15, 0.2) is 52.2 Å². The normalized spacial score (nSPS) is 11.1. The maximum Gasteiger partial charge on any atom is 0.250 e. The van der Waals surface area contributed by atoms with Gasteiger partial charge in [-0.15, -0.1) is 20.4 Å². The van der Waals surface area contributed by atoms with Crippen LogP contribution in [0.5, 0.6) is 0 Å². The molecule has 136 valence electrons. The van der Waals surface area contributed by atoms with Crippen molar-refractivity contribution < 1.29 is 8.81 Å². The van der Waals surface area contributed by atoms with Gasteiger partial charge >= 0.3 is 0 Å². The molecule has 0 radical (unpaired) electrons. The smallest absolute Gasteiger partial charge is 0.250 e. The fourth-order valence-electron chi connectivity index (χ4n) is 2.51. The van der Waals surface area contributed by atoms with Crippen LogP contribution in [0.25, 0.3) is 23.0 Å². The molecule has 3 heterocycles. The van der Waals surface area contributed by atoms with Crippen LogP contribution in [-0.2, 0) is 12.8 Å². The van der Waals surface area contributed by atoms with Gasteiger partial charge in [-0.25, -0.2) is 4.39 Å². The second kappa shape index (κ2) is 7.28. The minimum Gasteiger partial charge on any atom is -0.420 e. The Morgan fingerprint density at radius 2 is 2.00 bits per heavy atom. The highest BCUT2D eigenvalue weighted by atomic mass is 32.2. The highest BCUT2D eigenvalue weighted by Gasteiger charge is 2.16. The maximum absolute atomic E-state index is 14.0. The Bertz CT molecular complexity index is 1080. The van der Waals surface area contributed by atoms with Crippen molar-refractivity contribution in [1.29, 1.82) is 0 Å². The summed E-state index contributed by atoms with van der Waals surface area (Å²) in [6, 6.07) is 10.4. The van der Waals surface area contributed by atoms with Gasteiger partial charge in [-0.3, -0.25) is 4.98 Å². The Balaban J connectivity index is 1.50. The van der Waals surface area contributed by atoms with Crippen LogP contribution in [0.3, 0.4) is 0 Å². The van der Waals surface area contributed by atoms with Gasteiger partial charge in [-0.2, -0.15) is 0 Å². The number of aromatic nitrogens is 6. The van der Waals surface area contributed by atoms with Crippen molar-refractivity contribution in [3.05, 3.63) is 59.9 Å². The number of pyridine rings is 1. The Kier molecular flexibility index (Phi) is 4.68. The fraction of sp³-hybridized carbons (Fsp3) is 0.167. The fourth-order valence-corrected chi connectivity index (χ4v) is 3.26. The molecule has 0 aliphatic heterocycles. The largest absolute Gasteiger partial charge is 0.420 e. The average Bonchev–Trinajstić information content (AvgIpc) is 3.29. The molecule has 0 unspecified atom stereocenters. The summed E-state index contributed by atoms with van der Waals surface area (Å²) >= 11 is 1.40. The van der Waals surface area contributed by atoms with Crippen molar-refractivity contribution in [2.24, 2.45) is 7.05 Å². The van der Waals surface area contributed by atoms with Gasteiger partial charge in [-0.05, 0) is 31.2 Å². The molecule has 0 aliphatic rings. The summed E-state index contributed by atoms with van der Waals surface area (Å²) in [6.07, 6.45) is 1.71. The Morgan fingerprint density at radius 1 is 1.11 bits per heavy atom. The highest BCUT2D eigenvalue weighted by molar-refractivity contribution is 7.98. The number of nitrogens with zero attached hydrogens (tertiary/aromatic N) is 6. The Hall–Kier alpha value is -3.07. The molecule has 0 saturated carbocycles. The van der Waals surface area contributed by atoms with E-state index in [1.807, 2.05) is 36.7 Å². The van der Waals surface area contributed by atoms with E-state index in [-0.39, 0.29) is 5.89 Å². The molecule has 0 saturated heterocycles. The standard InChI is InChI=1S/C18H15FN6OS/c1-11-6-7-13(19)12(9-11)17-23-21-15(26-17)10-27-18-24-22-16(25(18)2)14-5-3-4-8-20-14/h3-9H,10H2,1-2H3. The molecule has 0 N–H and O–H groups in total. The van der Waals surface area contributed by atoms with Gasteiger partial charge in [0.1, 0.15) is 11.5 Å². The lowest BCUT2D eigenvalue weighted by molar-refractivity contribution is 0.522. The van der Waals surface area contributed by atoms with Crippen molar-refractivity contribution in [3.63, 3.8) is 0 Å². The monoisotopic (exact) mass is 382 g/mol. The minimum absolute atomic E-state index is 0.166. The van der Waals surface area contributed by atoms with Gasteiger partial charge in [-0.1, -0.05) is 29.5 Å². The number of rotatable bonds is 5. The summed E-state index contributed by atoms with van der Waals surface area (Å²) in [5.74, 6) is 1.23. The predicted octanol–water partition coefficient (Wildman–Crippen LogP) is 3.67. The van der Waals surface area contributed by atoms with E-state index < -0.39 is 5.82 Å². The summed E-state index contributed by atoms with van der Waals surface area (Å²) in [5, 5.41) is 17.0. The third kappa shape index (κ3) is 3.59. The highest BCUT2D eigenvalue weighted by Crippen LogP contribution is 2.27. The summed E-state index contributed by atoms with van der Waals surface area (Å²) in [4.78, 5) is 4.28. The lowest BCUT2D eigenvalue weighted by Crippen LogP contribution is -1.96. The molecular weight excluding hydrogens is 367 g/mol. The first-order valence-corrected chi connectivity index (χ1v) is 9.13. The molecule has 1 aromatic carbocycles. The van der Waals surface area contributed by atoms with E-state index in [2.05, 4.69) is 25.4 Å². The molecule has 0 aliphatic carbocycles. The lowest BCUT2D eigenvalue weighted by atomic mass is 10.1. The summed E-state index contributed by atoms with van der Waals surface area (Å²) in [6.45, 7) is 1.88. The van der Waals surface area contributed by atoms with Crippen molar-refractivity contribution in [2.45, 2.75) is 17.8 Å². The number of hydrogen-bond acceptors (Lipinski definition) is 7. The van der Waals surface area contributed by atoms with E-state index in [9.17, 15) is 4.39 Å². The zero-order valence-electron chi connectivity index (χ0n) is 14.6. The first-order chi connectivity index (χ1) is 13.1. The maximum atomic E-state index is 14.0. The number of benzene rings is 1. The SMILES string of the molecule is Cc1ccc(F)c(-c2nnc(CSc3nnc(-c4ccccn4)n3C)o2)c1. The third-order valence-electron chi connectivity index (χ3n) is 3.87. The second-order valence-corrected chi connectivity index (χ2v) is 6.80. The topological polar surface area (TPSA) is 82.5 Å². The van der Waals surface area contributed by atoms with E-state index in [1.165, 1.54) is 17.8 Å². The Morgan fingerprint density at radius 3 is 2.81 bits per heavy atom. The average molecular weight is 382 g/mol. The molecule has 4 rings (SSSR count). The predicted molar refractivity (Wildman–Crippen MR) is 98.2 cm³/mol. The zero-order valence-corrected chi connectivity index (χ0v) is 15.4. The van der Waals surface area contributed by atoms with Crippen LogP contribution >= 0.6 is 11.8 Å². The van der Waals surface area contributed by atoms with Crippen molar-refractivity contribution in [3.8, 4) is 23.0 Å². The number of halogens is 1. The van der Waals surface area contributed by atoms with E-state index in [4.69, 9.17) is 4.42 Å². The van der Waals surface area contributed by atoms with E-state index in [0.717, 1.165) is 11.3 Å². The lowest BCUT2D eigenvalue weighted by Gasteiger charge is -2.02. The van der Waals surface area contributed by atoms with Gasteiger partial charge < -0.3 is 8.98 Å². The third-order valence-corrected chi connectivity index (χ3v) is 4.88. The van der Waals surface area contributed by atoms with Gasteiger partial charge in [0, 0.05) is 13.2 Å². The van der Waals surface area contributed by atoms with Crippen LogP contribution in [0.4, 0.5) is 4.39 Å². The van der Waals surface area contributed by atoms with Crippen LogP contribution in [0.1, 0.15) is 11.5 Å². The van der Waals surface area contributed by atoms with Crippen LogP contribution < -0.4 is 0 Å². The van der Waals surface area contributed by atoms with Crippen LogP contribution in [0, 0.1) is 12.7 Å². The summed E-state index contributed by atoms with van der Waals surface area (Å²) in [5.41, 5.74) is 1.96. The molecule has 0 bridgehead atoms. The van der Waals surface area contributed by atoms with Crippen molar-refractivity contribution in [1.82, 2.24) is 29.9 Å². The molecule has 3 aromatic heterocycles. The number of thioether (sulfide) groups is 1. The van der Waals surface area contributed by atoms with Gasteiger partial charge in [0.25, 0.3) is 5.89 Å². The molecule has 0 fully saturated rings.